The maximum atomic E-state index is 11.5. The molecule has 1 atom stereocenters. The first-order valence-electron chi connectivity index (χ1n) is 7.43. The van der Waals surface area contributed by atoms with E-state index < -0.39 is 9.84 Å². The van der Waals surface area contributed by atoms with Crippen LogP contribution >= 0.6 is 0 Å². The summed E-state index contributed by atoms with van der Waals surface area (Å²) in [5, 5.41) is 3.40. The van der Waals surface area contributed by atoms with Gasteiger partial charge in [-0.25, -0.2) is 8.42 Å². The number of nitrogens with one attached hydrogen (secondary N) is 1. The van der Waals surface area contributed by atoms with Gasteiger partial charge in [0.05, 0.1) is 11.5 Å². The number of sulfone groups is 1. The van der Waals surface area contributed by atoms with E-state index in [4.69, 9.17) is 0 Å². The van der Waals surface area contributed by atoms with Crippen molar-refractivity contribution in [2.75, 3.05) is 18.1 Å². The Hall–Kier alpha value is -0.0900. The second-order valence-electron chi connectivity index (χ2n) is 6.00. The van der Waals surface area contributed by atoms with Crippen LogP contribution in [0.5, 0.6) is 0 Å². The summed E-state index contributed by atoms with van der Waals surface area (Å²) in [6.45, 7) is 5.51. The average molecular weight is 275 g/mol. The Morgan fingerprint density at radius 3 is 2.56 bits per heavy atom. The molecule has 1 heterocycles. The number of unbranched alkanes of at least 4 members (excludes halogenated alkanes) is 3. The summed E-state index contributed by atoms with van der Waals surface area (Å²) in [5.41, 5.74) is 0. The SMILES string of the molecule is CC(C)CCCCCCNC1CCCS(=O)(=O)C1. The molecule has 0 aromatic rings. The molecular weight excluding hydrogens is 246 g/mol. The topological polar surface area (TPSA) is 46.2 Å². The maximum Gasteiger partial charge on any atom is 0.151 e. The van der Waals surface area contributed by atoms with Gasteiger partial charge in [0, 0.05) is 6.04 Å². The lowest BCUT2D eigenvalue weighted by Crippen LogP contribution is -2.40. The van der Waals surface area contributed by atoms with Crippen molar-refractivity contribution in [2.24, 2.45) is 5.92 Å². The van der Waals surface area contributed by atoms with Gasteiger partial charge in [-0.1, -0.05) is 39.5 Å². The average Bonchev–Trinajstić information content (AvgIpc) is 2.26. The fraction of sp³-hybridized carbons (Fsp3) is 1.00. The van der Waals surface area contributed by atoms with Crippen molar-refractivity contribution < 1.29 is 8.42 Å². The first-order valence-corrected chi connectivity index (χ1v) is 9.25. The fourth-order valence-electron chi connectivity index (χ4n) is 2.52. The van der Waals surface area contributed by atoms with Gasteiger partial charge in [-0.3, -0.25) is 0 Å². The quantitative estimate of drug-likeness (QED) is 0.693. The minimum absolute atomic E-state index is 0.208. The van der Waals surface area contributed by atoms with Crippen LogP contribution in [0.15, 0.2) is 0 Å². The molecule has 1 aliphatic heterocycles. The zero-order chi connectivity index (χ0) is 13.4. The Labute approximate surface area is 113 Å². The van der Waals surface area contributed by atoms with Gasteiger partial charge in [-0.15, -0.1) is 0 Å². The lowest BCUT2D eigenvalue weighted by Gasteiger charge is -2.23. The van der Waals surface area contributed by atoms with E-state index in [1.165, 1.54) is 32.1 Å². The number of hydrogen-bond donors (Lipinski definition) is 1. The summed E-state index contributed by atoms with van der Waals surface area (Å²) in [5.74, 6) is 1.55. The Kier molecular flexibility index (Phi) is 7.23. The Morgan fingerprint density at radius 1 is 1.17 bits per heavy atom. The third-order valence-corrected chi connectivity index (χ3v) is 5.43. The van der Waals surface area contributed by atoms with Crippen molar-refractivity contribution in [1.29, 1.82) is 0 Å². The zero-order valence-corrected chi connectivity index (χ0v) is 12.8. The van der Waals surface area contributed by atoms with Gasteiger partial charge in [-0.05, 0) is 31.7 Å². The van der Waals surface area contributed by atoms with Crippen molar-refractivity contribution in [3.8, 4) is 0 Å². The summed E-state index contributed by atoms with van der Waals surface area (Å²) >= 11 is 0. The molecule has 3 nitrogen and oxygen atoms in total. The van der Waals surface area contributed by atoms with Crippen LogP contribution in [0.4, 0.5) is 0 Å². The van der Waals surface area contributed by atoms with Crippen molar-refractivity contribution in [1.82, 2.24) is 5.32 Å². The van der Waals surface area contributed by atoms with Crippen LogP contribution in [0.2, 0.25) is 0 Å². The van der Waals surface area contributed by atoms with Crippen molar-refractivity contribution in [3.63, 3.8) is 0 Å². The molecule has 1 rings (SSSR count). The zero-order valence-electron chi connectivity index (χ0n) is 12.0. The highest BCUT2D eigenvalue weighted by atomic mass is 32.2. The van der Waals surface area contributed by atoms with Gasteiger partial charge in [0.15, 0.2) is 9.84 Å². The van der Waals surface area contributed by atoms with E-state index in [1.807, 2.05) is 0 Å². The van der Waals surface area contributed by atoms with Crippen LogP contribution in [0, 0.1) is 5.92 Å². The first-order chi connectivity index (χ1) is 8.49. The van der Waals surface area contributed by atoms with Gasteiger partial charge in [0.1, 0.15) is 0 Å². The van der Waals surface area contributed by atoms with Crippen LogP contribution in [0.1, 0.15) is 58.8 Å². The van der Waals surface area contributed by atoms with E-state index in [9.17, 15) is 8.42 Å². The molecule has 0 aliphatic carbocycles. The molecule has 18 heavy (non-hydrogen) atoms. The van der Waals surface area contributed by atoms with E-state index in [0.717, 1.165) is 25.3 Å². The standard InChI is InChI=1S/C14H29NO2S/c1-13(2)8-5-3-4-6-10-15-14-9-7-11-18(16,17)12-14/h13-15H,3-12H2,1-2H3. The summed E-state index contributed by atoms with van der Waals surface area (Å²) in [7, 11) is -2.76. The smallest absolute Gasteiger partial charge is 0.151 e. The van der Waals surface area contributed by atoms with Crippen molar-refractivity contribution >= 4 is 9.84 Å². The molecule has 1 fully saturated rings. The molecule has 0 amide bonds. The summed E-state index contributed by atoms with van der Waals surface area (Å²) < 4.78 is 22.9. The van der Waals surface area contributed by atoms with E-state index in [2.05, 4.69) is 19.2 Å². The van der Waals surface area contributed by atoms with Crippen LogP contribution in [0.3, 0.4) is 0 Å². The predicted octanol–water partition coefficient (Wildman–Crippen LogP) is 2.76. The Morgan fingerprint density at radius 2 is 1.89 bits per heavy atom. The highest BCUT2D eigenvalue weighted by molar-refractivity contribution is 7.91. The maximum absolute atomic E-state index is 11.5. The lowest BCUT2D eigenvalue weighted by atomic mass is 10.0. The first kappa shape index (κ1) is 16.0. The molecule has 108 valence electrons. The highest BCUT2D eigenvalue weighted by Crippen LogP contribution is 2.12. The largest absolute Gasteiger partial charge is 0.313 e. The van der Waals surface area contributed by atoms with Crippen molar-refractivity contribution in [3.05, 3.63) is 0 Å². The molecule has 0 bridgehead atoms. The molecule has 0 saturated carbocycles. The highest BCUT2D eigenvalue weighted by Gasteiger charge is 2.23. The summed E-state index contributed by atoms with van der Waals surface area (Å²) in [4.78, 5) is 0. The van der Waals surface area contributed by atoms with Crippen LogP contribution in [0.25, 0.3) is 0 Å². The van der Waals surface area contributed by atoms with Gasteiger partial charge >= 0.3 is 0 Å². The Balaban J connectivity index is 1.98. The molecule has 0 aromatic heterocycles. The summed E-state index contributed by atoms with van der Waals surface area (Å²) in [6, 6.07) is 0.208. The van der Waals surface area contributed by atoms with Gasteiger partial charge in [0.2, 0.25) is 0 Å². The second kappa shape index (κ2) is 8.16. The van der Waals surface area contributed by atoms with Crippen LogP contribution in [-0.2, 0) is 9.84 Å². The van der Waals surface area contributed by atoms with E-state index in [1.54, 1.807) is 0 Å². The Bertz CT molecular complexity index is 312. The normalized spacial score (nSPS) is 23.4. The molecule has 0 spiro atoms. The van der Waals surface area contributed by atoms with Gasteiger partial charge in [-0.2, -0.15) is 0 Å². The fourth-order valence-corrected chi connectivity index (χ4v) is 4.19. The molecule has 1 aliphatic rings. The van der Waals surface area contributed by atoms with Gasteiger partial charge in [0.25, 0.3) is 0 Å². The second-order valence-corrected chi connectivity index (χ2v) is 8.23. The third-order valence-electron chi connectivity index (χ3n) is 3.60. The predicted molar refractivity (Wildman–Crippen MR) is 77.6 cm³/mol. The van der Waals surface area contributed by atoms with E-state index >= 15 is 0 Å². The van der Waals surface area contributed by atoms with Crippen molar-refractivity contribution in [2.45, 2.75) is 64.8 Å². The third kappa shape index (κ3) is 7.37. The molecule has 4 heteroatoms. The molecule has 1 N–H and O–H groups in total. The molecule has 1 saturated heterocycles. The van der Waals surface area contributed by atoms with Crippen LogP contribution < -0.4 is 5.32 Å². The van der Waals surface area contributed by atoms with E-state index in [0.29, 0.717) is 11.5 Å². The lowest BCUT2D eigenvalue weighted by molar-refractivity contribution is 0.462. The van der Waals surface area contributed by atoms with Gasteiger partial charge < -0.3 is 5.32 Å². The number of rotatable bonds is 8. The molecule has 1 unspecified atom stereocenters. The minimum atomic E-state index is -2.76. The monoisotopic (exact) mass is 275 g/mol. The van der Waals surface area contributed by atoms with E-state index in [-0.39, 0.29) is 6.04 Å². The molecular formula is C14H29NO2S. The van der Waals surface area contributed by atoms with Crippen LogP contribution in [-0.4, -0.2) is 32.5 Å². The number of hydrogen-bond acceptors (Lipinski definition) is 3. The molecule has 0 radical (unpaired) electrons. The molecule has 0 aromatic carbocycles. The minimum Gasteiger partial charge on any atom is -0.313 e. The summed E-state index contributed by atoms with van der Waals surface area (Å²) in [6.07, 6.45) is 8.25.